The Kier molecular flexibility index (Phi) is 1.43. The standard InChI is InChI=1S/C9H10FN/c10-8-4-2-1-3-6(8)7-5-9(7)11/h1-4,7,9H,5,11H2. The van der Waals surface area contributed by atoms with Gasteiger partial charge in [0.05, 0.1) is 0 Å². The van der Waals surface area contributed by atoms with Gasteiger partial charge in [0.2, 0.25) is 0 Å². The maximum absolute atomic E-state index is 13.0. The zero-order valence-electron chi connectivity index (χ0n) is 6.13. The average Bonchev–Trinajstić information content (AvgIpc) is 2.68. The fraction of sp³-hybridized carbons (Fsp3) is 0.333. The lowest BCUT2D eigenvalue weighted by atomic mass is 10.1. The molecular weight excluding hydrogens is 141 g/mol. The molecule has 0 aromatic heterocycles. The van der Waals surface area contributed by atoms with Crippen LogP contribution in [0.4, 0.5) is 4.39 Å². The van der Waals surface area contributed by atoms with E-state index in [0.717, 1.165) is 12.0 Å². The molecule has 1 aliphatic rings. The molecule has 1 aromatic rings. The lowest BCUT2D eigenvalue weighted by molar-refractivity contribution is 0.609. The van der Waals surface area contributed by atoms with Gasteiger partial charge in [-0.05, 0) is 18.1 Å². The predicted molar refractivity (Wildman–Crippen MR) is 41.7 cm³/mol. The summed E-state index contributed by atoms with van der Waals surface area (Å²) in [6.45, 7) is 0. The Morgan fingerprint density at radius 1 is 1.36 bits per heavy atom. The normalized spacial score (nSPS) is 28.5. The first-order valence-electron chi connectivity index (χ1n) is 3.79. The maximum Gasteiger partial charge on any atom is 0.126 e. The van der Waals surface area contributed by atoms with Gasteiger partial charge in [0.1, 0.15) is 5.82 Å². The highest BCUT2D eigenvalue weighted by atomic mass is 19.1. The summed E-state index contributed by atoms with van der Waals surface area (Å²) < 4.78 is 13.0. The highest BCUT2D eigenvalue weighted by molar-refractivity contribution is 5.28. The van der Waals surface area contributed by atoms with Crippen LogP contribution in [0.3, 0.4) is 0 Å². The molecule has 0 saturated heterocycles. The van der Waals surface area contributed by atoms with Gasteiger partial charge < -0.3 is 5.73 Å². The second kappa shape index (κ2) is 2.31. The van der Waals surface area contributed by atoms with Gasteiger partial charge in [-0.15, -0.1) is 0 Å². The Morgan fingerprint density at radius 2 is 2.00 bits per heavy atom. The van der Waals surface area contributed by atoms with E-state index < -0.39 is 0 Å². The minimum Gasteiger partial charge on any atom is -0.327 e. The number of benzene rings is 1. The third-order valence-electron chi connectivity index (χ3n) is 2.14. The van der Waals surface area contributed by atoms with Gasteiger partial charge in [-0.25, -0.2) is 4.39 Å². The van der Waals surface area contributed by atoms with E-state index >= 15 is 0 Å². The fourth-order valence-electron chi connectivity index (χ4n) is 1.35. The summed E-state index contributed by atoms with van der Waals surface area (Å²) in [4.78, 5) is 0. The molecule has 2 unspecified atom stereocenters. The van der Waals surface area contributed by atoms with Crippen LogP contribution in [-0.4, -0.2) is 6.04 Å². The van der Waals surface area contributed by atoms with E-state index in [4.69, 9.17) is 5.73 Å². The van der Waals surface area contributed by atoms with Crippen LogP contribution in [0.15, 0.2) is 24.3 Å². The van der Waals surface area contributed by atoms with E-state index in [1.54, 1.807) is 6.07 Å². The van der Waals surface area contributed by atoms with Crippen molar-refractivity contribution >= 4 is 0 Å². The van der Waals surface area contributed by atoms with Crippen LogP contribution in [-0.2, 0) is 0 Å². The zero-order chi connectivity index (χ0) is 7.84. The van der Waals surface area contributed by atoms with Crippen LogP contribution >= 0.6 is 0 Å². The van der Waals surface area contributed by atoms with E-state index in [1.165, 1.54) is 6.07 Å². The Balaban J connectivity index is 2.31. The minimum absolute atomic E-state index is 0.120. The molecule has 1 aliphatic carbocycles. The second-order valence-corrected chi connectivity index (χ2v) is 3.03. The van der Waals surface area contributed by atoms with Gasteiger partial charge in [-0.3, -0.25) is 0 Å². The van der Waals surface area contributed by atoms with Crippen molar-refractivity contribution in [2.24, 2.45) is 5.73 Å². The van der Waals surface area contributed by atoms with Gasteiger partial charge in [-0.2, -0.15) is 0 Å². The molecule has 0 aliphatic heterocycles. The molecule has 1 saturated carbocycles. The van der Waals surface area contributed by atoms with E-state index in [9.17, 15) is 4.39 Å². The molecule has 2 heteroatoms. The minimum atomic E-state index is -0.120. The largest absolute Gasteiger partial charge is 0.327 e. The monoisotopic (exact) mass is 151 g/mol. The summed E-state index contributed by atoms with van der Waals surface area (Å²) >= 11 is 0. The predicted octanol–water partition coefficient (Wildman–Crippen LogP) is 1.64. The smallest absolute Gasteiger partial charge is 0.126 e. The number of hydrogen-bond donors (Lipinski definition) is 1. The maximum atomic E-state index is 13.0. The van der Waals surface area contributed by atoms with E-state index in [1.807, 2.05) is 12.1 Å². The molecule has 58 valence electrons. The molecule has 1 aromatic carbocycles. The average molecular weight is 151 g/mol. The highest BCUT2D eigenvalue weighted by Gasteiger charge is 2.36. The fourth-order valence-corrected chi connectivity index (χ4v) is 1.35. The molecular formula is C9H10FN. The van der Waals surface area contributed by atoms with Crippen molar-refractivity contribution in [1.29, 1.82) is 0 Å². The van der Waals surface area contributed by atoms with Crippen molar-refractivity contribution in [1.82, 2.24) is 0 Å². The molecule has 0 radical (unpaired) electrons. The molecule has 2 rings (SSSR count). The van der Waals surface area contributed by atoms with Crippen molar-refractivity contribution < 1.29 is 4.39 Å². The van der Waals surface area contributed by atoms with Crippen LogP contribution in [0.1, 0.15) is 17.9 Å². The van der Waals surface area contributed by atoms with Crippen molar-refractivity contribution in [3.8, 4) is 0 Å². The quantitative estimate of drug-likeness (QED) is 0.648. The zero-order valence-corrected chi connectivity index (χ0v) is 6.13. The molecule has 2 atom stereocenters. The summed E-state index contributed by atoms with van der Waals surface area (Å²) in [5.41, 5.74) is 6.38. The van der Waals surface area contributed by atoms with Crippen LogP contribution in [0.5, 0.6) is 0 Å². The van der Waals surface area contributed by atoms with Crippen LogP contribution in [0, 0.1) is 5.82 Å². The highest BCUT2D eigenvalue weighted by Crippen LogP contribution is 2.39. The number of nitrogens with two attached hydrogens (primary N) is 1. The molecule has 11 heavy (non-hydrogen) atoms. The number of halogens is 1. The molecule has 1 nitrogen and oxygen atoms in total. The summed E-state index contributed by atoms with van der Waals surface area (Å²) in [7, 11) is 0. The lowest BCUT2D eigenvalue weighted by Crippen LogP contribution is -2.01. The first kappa shape index (κ1) is 6.80. The molecule has 0 heterocycles. The Bertz CT molecular complexity index is 272. The van der Waals surface area contributed by atoms with Gasteiger partial charge in [-0.1, -0.05) is 18.2 Å². The lowest BCUT2D eigenvalue weighted by Gasteiger charge is -1.98. The molecule has 0 spiro atoms. The third-order valence-corrected chi connectivity index (χ3v) is 2.14. The first-order valence-corrected chi connectivity index (χ1v) is 3.79. The van der Waals surface area contributed by atoms with E-state index in [-0.39, 0.29) is 17.8 Å². The van der Waals surface area contributed by atoms with Gasteiger partial charge in [0.25, 0.3) is 0 Å². The SMILES string of the molecule is NC1CC1c1ccccc1F. The number of rotatable bonds is 1. The first-order chi connectivity index (χ1) is 5.29. The van der Waals surface area contributed by atoms with Crippen LogP contribution in [0.25, 0.3) is 0 Å². The summed E-state index contributed by atoms with van der Waals surface area (Å²) in [6.07, 6.45) is 0.931. The molecule has 1 fully saturated rings. The summed E-state index contributed by atoms with van der Waals surface area (Å²) in [5.74, 6) is 0.154. The number of hydrogen-bond acceptors (Lipinski definition) is 1. The third kappa shape index (κ3) is 1.14. The van der Waals surface area contributed by atoms with Gasteiger partial charge in [0, 0.05) is 12.0 Å². The van der Waals surface area contributed by atoms with Crippen LogP contribution in [0.2, 0.25) is 0 Å². The van der Waals surface area contributed by atoms with E-state index in [0.29, 0.717) is 0 Å². The van der Waals surface area contributed by atoms with E-state index in [2.05, 4.69) is 0 Å². The molecule has 0 bridgehead atoms. The Hall–Kier alpha value is -0.890. The van der Waals surface area contributed by atoms with Crippen molar-refractivity contribution in [3.05, 3.63) is 35.6 Å². The van der Waals surface area contributed by atoms with Gasteiger partial charge in [0.15, 0.2) is 0 Å². The Labute approximate surface area is 65.0 Å². The second-order valence-electron chi connectivity index (χ2n) is 3.03. The van der Waals surface area contributed by atoms with Crippen molar-refractivity contribution in [2.75, 3.05) is 0 Å². The molecule has 2 N–H and O–H groups in total. The summed E-state index contributed by atoms with van der Waals surface area (Å²) in [5, 5.41) is 0. The molecule has 0 amide bonds. The summed E-state index contributed by atoms with van der Waals surface area (Å²) in [6, 6.07) is 7.04. The Morgan fingerprint density at radius 3 is 2.55 bits per heavy atom. The van der Waals surface area contributed by atoms with Gasteiger partial charge >= 0.3 is 0 Å². The topological polar surface area (TPSA) is 26.0 Å². The van der Waals surface area contributed by atoms with Crippen molar-refractivity contribution in [2.45, 2.75) is 18.4 Å². The van der Waals surface area contributed by atoms with Crippen molar-refractivity contribution in [3.63, 3.8) is 0 Å². The van der Waals surface area contributed by atoms with Crippen LogP contribution < -0.4 is 5.73 Å².